The summed E-state index contributed by atoms with van der Waals surface area (Å²) in [7, 11) is 1.54. The van der Waals surface area contributed by atoms with Crippen LogP contribution in [-0.2, 0) is 14.3 Å². The molecule has 0 aromatic heterocycles. The second kappa shape index (κ2) is 8.97. The highest BCUT2D eigenvalue weighted by Crippen LogP contribution is 2.15. The molecule has 2 aromatic rings. The summed E-state index contributed by atoms with van der Waals surface area (Å²) < 4.78 is 9.83. The highest BCUT2D eigenvalue weighted by Gasteiger charge is 2.07. The van der Waals surface area contributed by atoms with E-state index in [9.17, 15) is 19.7 Å². The number of carbonyl (C=O) groups is 2. The normalized spacial score (nSPS) is 10.3. The molecular weight excluding hydrogens is 340 g/mol. The van der Waals surface area contributed by atoms with Crippen molar-refractivity contribution < 1.29 is 24.0 Å². The molecule has 0 fully saturated rings. The number of nitro groups is 1. The zero-order chi connectivity index (χ0) is 18.9. The lowest BCUT2D eigenvalue weighted by atomic mass is 10.2. The standard InChI is InChI=1S/C18H16N2O6/c1-25-16-8-6-14(7-9-16)19-17(21)12-26-18(22)10-5-13-3-2-4-15(11-13)20(23)24/h2-11H,12H2,1H3,(H,19,21)/b10-5+. The second-order valence-electron chi connectivity index (χ2n) is 5.07. The summed E-state index contributed by atoms with van der Waals surface area (Å²) in [5.74, 6) is -0.575. The molecule has 0 bridgehead atoms. The molecule has 0 aliphatic heterocycles. The fraction of sp³-hybridized carbons (Fsp3) is 0.111. The molecular formula is C18H16N2O6. The highest BCUT2D eigenvalue weighted by molar-refractivity contribution is 5.94. The molecule has 0 aliphatic rings. The molecule has 0 saturated heterocycles. The van der Waals surface area contributed by atoms with Crippen LogP contribution in [0.5, 0.6) is 5.75 Å². The largest absolute Gasteiger partial charge is 0.497 e. The molecule has 0 aliphatic carbocycles. The van der Waals surface area contributed by atoms with Gasteiger partial charge in [-0.25, -0.2) is 4.79 Å². The molecule has 1 amide bonds. The number of benzene rings is 2. The second-order valence-corrected chi connectivity index (χ2v) is 5.07. The van der Waals surface area contributed by atoms with E-state index in [2.05, 4.69) is 5.32 Å². The Balaban J connectivity index is 1.82. The van der Waals surface area contributed by atoms with Crippen LogP contribution in [0.2, 0.25) is 0 Å². The quantitative estimate of drug-likeness (QED) is 0.354. The Morgan fingerprint density at radius 3 is 2.58 bits per heavy atom. The first kappa shape index (κ1) is 18.7. The number of rotatable bonds is 7. The van der Waals surface area contributed by atoms with E-state index >= 15 is 0 Å². The molecule has 26 heavy (non-hydrogen) atoms. The maximum atomic E-state index is 11.7. The predicted molar refractivity (Wildman–Crippen MR) is 94.7 cm³/mol. The van der Waals surface area contributed by atoms with E-state index in [-0.39, 0.29) is 5.69 Å². The number of ether oxygens (including phenoxy) is 2. The summed E-state index contributed by atoms with van der Waals surface area (Å²) in [6, 6.07) is 12.5. The van der Waals surface area contributed by atoms with Gasteiger partial charge in [-0.05, 0) is 35.9 Å². The van der Waals surface area contributed by atoms with Crippen molar-refractivity contribution in [2.75, 3.05) is 19.0 Å². The Bertz CT molecular complexity index is 830. The number of nitrogens with one attached hydrogen (secondary N) is 1. The van der Waals surface area contributed by atoms with Crippen LogP contribution >= 0.6 is 0 Å². The first-order chi connectivity index (χ1) is 12.5. The van der Waals surface area contributed by atoms with Crippen molar-refractivity contribution in [3.05, 3.63) is 70.3 Å². The number of amides is 1. The topological polar surface area (TPSA) is 108 Å². The van der Waals surface area contributed by atoms with Gasteiger partial charge in [0.25, 0.3) is 11.6 Å². The van der Waals surface area contributed by atoms with E-state index in [0.717, 1.165) is 6.08 Å². The van der Waals surface area contributed by atoms with E-state index in [1.165, 1.54) is 31.4 Å². The van der Waals surface area contributed by atoms with Crippen molar-refractivity contribution >= 4 is 29.3 Å². The van der Waals surface area contributed by atoms with Gasteiger partial charge in [0.1, 0.15) is 5.75 Å². The van der Waals surface area contributed by atoms with E-state index in [0.29, 0.717) is 17.0 Å². The molecule has 0 atom stereocenters. The maximum absolute atomic E-state index is 11.7. The zero-order valence-corrected chi connectivity index (χ0v) is 13.9. The minimum Gasteiger partial charge on any atom is -0.497 e. The summed E-state index contributed by atoms with van der Waals surface area (Å²) in [5.41, 5.74) is 0.928. The van der Waals surface area contributed by atoms with Crippen molar-refractivity contribution in [2.45, 2.75) is 0 Å². The number of anilines is 1. The molecule has 0 heterocycles. The number of non-ortho nitro benzene ring substituents is 1. The number of esters is 1. The third kappa shape index (κ3) is 5.75. The lowest BCUT2D eigenvalue weighted by molar-refractivity contribution is -0.384. The summed E-state index contributed by atoms with van der Waals surface area (Å²) in [5, 5.41) is 13.3. The Hall–Kier alpha value is -3.68. The van der Waals surface area contributed by atoms with E-state index in [4.69, 9.17) is 9.47 Å². The first-order valence-electron chi connectivity index (χ1n) is 7.51. The van der Waals surface area contributed by atoms with Crippen LogP contribution < -0.4 is 10.1 Å². The monoisotopic (exact) mass is 356 g/mol. The van der Waals surface area contributed by atoms with Crippen LogP contribution in [-0.4, -0.2) is 30.5 Å². The Morgan fingerprint density at radius 1 is 1.19 bits per heavy atom. The third-order valence-electron chi connectivity index (χ3n) is 3.21. The van der Waals surface area contributed by atoms with Crippen molar-refractivity contribution in [3.63, 3.8) is 0 Å². The van der Waals surface area contributed by atoms with Crippen molar-refractivity contribution in [2.24, 2.45) is 0 Å². The molecule has 8 heteroatoms. The number of methoxy groups -OCH3 is 1. The van der Waals surface area contributed by atoms with Gasteiger partial charge in [-0.1, -0.05) is 12.1 Å². The number of nitrogens with zero attached hydrogens (tertiary/aromatic N) is 1. The Labute approximate surface area is 149 Å². The molecule has 0 spiro atoms. The van der Waals surface area contributed by atoms with Gasteiger partial charge in [-0.3, -0.25) is 14.9 Å². The van der Waals surface area contributed by atoms with Crippen LogP contribution in [0.3, 0.4) is 0 Å². The molecule has 134 valence electrons. The fourth-order valence-electron chi connectivity index (χ4n) is 1.96. The van der Waals surface area contributed by atoms with Crippen LogP contribution in [0.4, 0.5) is 11.4 Å². The van der Waals surface area contributed by atoms with Gasteiger partial charge in [0.05, 0.1) is 12.0 Å². The average molecular weight is 356 g/mol. The van der Waals surface area contributed by atoms with Gasteiger partial charge in [0.2, 0.25) is 0 Å². The molecule has 0 unspecified atom stereocenters. The highest BCUT2D eigenvalue weighted by atomic mass is 16.6. The summed E-state index contributed by atoms with van der Waals surface area (Å²) in [4.78, 5) is 33.5. The smallest absolute Gasteiger partial charge is 0.331 e. The minimum atomic E-state index is -0.735. The van der Waals surface area contributed by atoms with Gasteiger partial charge >= 0.3 is 5.97 Å². The van der Waals surface area contributed by atoms with Gasteiger partial charge < -0.3 is 14.8 Å². The van der Waals surface area contributed by atoms with Crippen LogP contribution in [0.1, 0.15) is 5.56 Å². The zero-order valence-electron chi connectivity index (χ0n) is 13.9. The van der Waals surface area contributed by atoms with E-state index in [1.54, 1.807) is 30.3 Å². The van der Waals surface area contributed by atoms with Crippen molar-refractivity contribution in [1.29, 1.82) is 0 Å². The number of carbonyl (C=O) groups excluding carboxylic acids is 2. The molecule has 2 aromatic carbocycles. The molecule has 0 saturated carbocycles. The molecule has 1 N–H and O–H groups in total. The maximum Gasteiger partial charge on any atom is 0.331 e. The lowest BCUT2D eigenvalue weighted by Gasteiger charge is -2.06. The van der Waals surface area contributed by atoms with Crippen molar-refractivity contribution in [1.82, 2.24) is 0 Å². The minimum absolute atomic E-state index is 0.0839. The van der Waals surface area contributed by atoms with Gasteiger partial charge in [-0.15, -0.1) is 0 Å². The Morgan fingerprint density at radius 2 is 1.92 bits per heavy atom. The lowest BCUT2D eigenvalue weighted by Crippen LogP contribution is -2.20. The first-order valence-corrected chi connectivity index (χ1v) is 7.51. The molecule has 8 nitrogen and oxygen atoms in total. The molecule has 0 radical (unpaired) electrons. The van der Waals surface area contributed by atoms with Gasteiger partial charge in [0.15, 0.2) is 6.61 Å². The number of nitro benzene ring substituents is 1. The van der Waals surface area contributed by atoms with Gasteiger partial charge in [0, 0.05) is 23.9 Å². The fourth-order valence-corrected chi connectivity index (χ4v) is 1.96. The van der Waals surface area contributed by atoms with E-state index < -0.39 is 23.4 Å². The number of hydrogen-bond donors (Lipinski definition) is 1. The SMILES string of the molecule is COc1ccc(NC(=O)COC(=O)/C=C/c2cccc([N+](=O)[O-])c2)cc1. The van der Waals surface area contributed by atoms with Crippen LogP contribution in [0.25, 0.3) is 6.08 Å². The summed E-state index contributed by atoms with van der Waals surface area (Å²) in [6.07, 6.45) is 2.47. The Kier molecular flexibility index (Phi) is 6.44. The van der Waals surface area contributed by atoms with E-state index in [1.807, 2.05) is 0 Å². The van der Waals surface area contributed by atoms with Crippen molar-refractivity contribution in [3.8, 4) is 5.75 Å². The predicted octanol–water partition coefficient (Wildman–Crippen LogP) is 2.80. The summed E-state index contributed by atoms with van der Waals surface area (Å²) >= 11 is 0. The summed E-state index contributed by atoms with van der Waals surface area (Å²) in [6.45, 7) is -0.454. The van der Waals surface area contributed by atoms with Crippen LogP contribution in [0, 0.1) is 10.1 Å². The average Bonchev–Trinajstić information content (AvgIpc) is 2.65. The molecule has 2 rings (SSSR count). The van der Waals surface area contributed by atoms with Gasteiger partial charge in [-0.2, -0.15) is 0 Å². The van der Waals surface area contributed by atoms with Crippen LogP contribution in [0.15, 0.2) is 54.6 Å². The third-order valence-corrected chi connectivity index (χ3v) is 3.21. The number of hydrogen-bond acceptors (Lipinski definition) is 6.